The van der Waals surface area contributed by atoms with E-state index in [1.54, 1.807) is 0 Å². The molecule has 0 unspecified atom stereocenters. The summed E-state index contributed by atoms with van der Waals surface area (Å²) in [6.45, 7) is 3.73. The van der Waals surface area contributed by atoms with Crippen molar-refractivity contribution in [2.45, 2.75) is 19.3 Å². The van der Waals surface area contributed by atoms with Gasteiger partial charge in [-0.15, -0.1) is 0 Å². The van der Waals surface area contributed by atoms with Crippen LogP contribution in [0.5, 0.6) is 0 Å². The highest BCUT2D eigenvalue weighted by molar-refractivity contribution is 5.35. The number of fused-ring (bicyclic) bond motifs is 1. The third kappa shape index (κ3) is 1.72. The number of allylic oxidation sites excluding steroid dienone is 3. The number of hydrogen-bond donors (Lipinski definition) is 0. The van der Waals surface area contributed by atoms with Gasteiger partial charge in [-0.25, -0.2) is 0 Å². The lowest BCUT2D eigenvalue weighted by Gasteiger charge is -2.17. The molecule has 0 heteroatoms. The number of rotatable bonds is 1. The van der Waals surface area contributed by atoms with E-state index in [-0.39, 0.29) is 0 Å². The molecule has 0 N–H and O–H groups in total. The second-order valence-electron chi connectivity index (χ2n) is 3.51. The van der Waals surface area contributed by atoms with Gasteiger partial charge < -0.3 is 0 Å². The highest BCUT2D eigenvalue weighted by Gasteiger charge is 2.10. The molecule has 0 saturated carbocycles. The standard InChI is InChI=1S/C13H14/c1-2-5-11-8-9-12-6-3-4-7-13(12)10-11/h2-7H,1,8-10H2. The summed E-state index contributed by atoms with van der Waals surface area (Å²) in [6.07, 6.45) is 7.54. The Balaban J connectivity index is 2.29. The van der Waals surface area contributed by atoms with Gasteiger partial charge in [-0.05, 0) is 30.4 Å². The fraction of sp³-hybridized carbons (Fsp3) is 0.231. The molecule has 2 rings (SSSR count). The van der Waals surface area contributed by atoms with Crippen LogP contribution in [0.15, 0.2) is 48.6 Å². The lowest BCUT2D eigenvalue weighted by Crippen LogP contribution is -2.04. The van der Waals surface area contributed by atoms with Crippen LogP contribution in [0.4, 0.5) is 0 Å². The van der Waals surface area contributed by atoms with Gasteiger partial charge in [-0.3, -0.25) is 0 Å². The van der Waals surface area contributed by atoms with Crippen molar-refractivity contribution in [2.75, 3.05) is 0 Å². The first kappa shape index (κ1) is 8.31. The Labute approximate surface area is 79.6 Å². The van der Waals surface area contributed by atoms with Crippen molar-refractivity contribution in [2.24, 2.45) is 0 Å². The molecule has 0 amide bonds. The summed E-state index contributed by atoms with van der Waals surface area (Å²) in [7, 11) is 0. The Morgan fingerprint density at radius 2 is 1.85 bits per heavy atom. The van der Waals surface area contributed by atoms with Gasteiger partial charge in [0, 0.05) is 0 Å². The van der Waals surface area contributed by atoms with Gasteiger partial charge in [0.1, 0.15) is 0 Å². The molecular formula is C13H14. The van der Waals surface area contributed by atoms with E-state index in [2.05, 4.69) is 36.9 Å². The van der Waals surface area contributed by atoms with Gasteiger partial charge in [-0.2, -0.15) is 0 Å². The fourth-order valence-corrected chi connectivity index (χ4v) is 1.91. The highest BCUT2D eigenvalue weighted by atomic mass is 14.2. The molecule has 0 aromatic heterocycles. The van der Waals surface area contributed by atoms with Crippen molar-refractivity contribution < 1.29 is 0 Å². The van der Waals surface area contributed by atoms with E-state index in [0.29, 0.717) is 0 Å². The van der Waals surface area contributed by atoms with E-state index in [1.807, 2.05) is 6.08 Å². The molecule has 0 radical (unpaired) electrons. The van der Waals surface area contributed by atoms with Crippen LogP contribution >= 0.6 is 0 Å². The first-order valence-electron chi connectivity index (χ1n) is 4.77. The lowest BCUT2D eigenvalue weighted by molar-refractivity contribution is 0.836. The summed E-state index contributed by atoms with van der Waals surface area (Å²) in [5.74, 6) is 0. The van der Waals surface area contributed by atoms with Crippen molar-refractivity contribution in [3.05, 3.63) is 59.7 Å². The molecule has 0 nitrogen and oxygen atoms in total. The first-order valence-corrected chi connectivity index (χ1v) is 4.77. The van der Waals surface area contributed by atoms with E-state index < -0.39 is 0 Å². The molecule has 0 fully saturated rings. The zero-order valence-corrected chi connectivity index (χ0v) is 7.79. The van der Waals surface area contributed by atoms with Crippen molar-refractivity contribution >= 4 is 0 Å². The van der Waals surface area contributed by atoms with Gasteiger partial charge in [-0.1, -0.05) is 48.6 Å². The smallest absolute Gasteiger partial charge is 0.00611 e. The molecule has 0 spiro atoms. The van der Waals surface area contributed by atoms with Gasteiger partial charge in [0.05, 0.1) is 0 Å². The Hall–Kier alpha value is -1.30. The van der Waals surface area contributed by atoms with E-state index in [4.69, 9.17) is 0 Å². The third-order valence-electron chi connectivity index (χ3n) is 2.60. The molecule has 13 heavy (non-hydrogen) atoms. The van der Waals surface area contributed by atoms with Crippen LogP contribution in [0.25, 0.3) is 0 Å². The fourth-order valence-electron chi connectivity index (χ4n) is 1.91. The van der Waals surface area contributed by atoms with Crippen LogP contribution in [0.3, 0.4) is 0 Å². The Kier molecular flexibility index (Phi) is 2.31. The molecule has 0 aliphatic heterocycles. The molecule has 66 valence electrons. The lowest BCUT2D eigenvalue weighted by atomic mass is 9.88. The maximum Gasteiger partial charge on any atom is -0.00611 e. The summed E-state index contributed by atoms with van der Waals surface area (Å²) in [5, 5.41) is 0. The normalized spacial score (nSPS) is 18.3. The SMILES string of the molecule is C=CC=C1CCc2ccccc2C1. The van der Waals surface area contributed by atoms with Crippen molar-refractivity contribution in [1.29, 1.82) is 0 Å². The zero-order chi connectivity index (χ0) is 9.10. The topological polar surface area (TPSA) is 0 Å². The predicted molar refractivity (Wildman–Crippen MR) is 56.7 cm³/mol. The van der Waals surface area contributed by atoms with Crippen LogP contribution in [-0.2, 0) is 12.8 Å². The minimum absolute atomic E-state index is 1.11. The van der Waals surface area contributed by atoms with Crippen LogP contribution in [0, 0.1) is 0 Å². The van der Waals surface area contributed by atoms with Crippen molar-refractivity contribution in [3.8, 4) is 0 Å². The summed E-state index contributed by atoms with van der Waals surface area (Å²) < 4.78 is 0. The monoisotopic (exact) mass is 170 g/mol. The van der Waals surface area contributed by atoms with E-state index in [1.165, 1.54) is 29.5 Å². The Morgan fingerprint density at radius 3 is 2.62 bits per heavy atom. The molecule has 0 atom stereocenters. The molecule has 1 aliphatic carbocycles. The predicted octanol–water partition coefficient (Wildman–Crippen LogP) is 3.29. The zero-order valence-electron chi connectivity index (χ0n) is 7.79. The Morgan fingerprint density at radius 1 is 1.08 bits per heavy atom. The average Bonchev–Trinajstić information content (AvgIpc) is 2.18. The quantitative estimate of drug-likeness (QED) is 0.606. The third-order valence-corrected chi connectivity index (χ3v) is 2.60. The molecular weight excluding hydrogens is 156 g/mol. The summed E-state index contributed by atoms with van der Waals surface area (Å²) >= 11 is 0. The van der Waals surface area contributed by atoms with Crippen LogP contribution < -0.4 is 0 Å². The largest absolute Gasteiger partial charge is 0.0991 e. The van der Waals surface area contributed by atoms with Crippen LogP contribution in [-0.4, -0.2) is 0 Å². The molecule has 1 aromatic carbocycles. The number of benzene rings is 1. The van der Waals surface area contributed by atoms with E-state index in [9.17, 15) is 0 Å². The van der Waals surface area contributed by atoms with Gasteiger partial charge in [0.2, 0.25) is 0 Å². The van der Waals surface area contributed by atoms with Crippen molar-refractivity contribution in [3.63, 3.8) is 0 Å². The van der Waals surface area contributed by atoms with Crippen LogP contribution in [0.2, 0.25) is 0 Å². The van der Waals surface area contributed by atoms with Crippen LogP contribution in [0.1, 0.15) is 17.5 Å². The maximum atomic E-state index is 3.73. The summed E-state index contributed by atoms with van der Waals surface area (Å²) in [4.78, 5) is 0. The van der Waals surface area contributed by atoms with Gasteiger partial charge in [0.15, 0.2) is 0 Å². The molecule has 0 bridgehead atoms. The number of aryl methyl sites for hydroxylation is 1. The second kappa shape index (κ2) is 3.61. The van der Waals surface area contributed by atoms with Gasteiger partial charge >= 0.3 is 0 Å². The van der Waals surface area contributed by atoms with Gasteiger partial charge in [0.25, 0.3) is 0 Å². The first-order chi connectivity index (χ1) is 6.40. The molecule has 1 aromatic rings. The van der Waals surface area contributed by atoms with Crippen molar-refractivity contribution in [1.82, 2.24) is 0 Å². The molecule has 0 saturated heterocycles. The average molecular weight is 170 g/mol. The minimum Gasteiger partial charge on any atom is -0.0991 e. The second-order valence-corrected chi connectivity index (χ2v) is 3.51. The Bertz CT molecular complexity index is 345. The van der Waals surface area contributed by atoms with E-state index in [0.717, 1.165) is 6.42 Å². The highest BCUT2D eigenvalue weighted by Crippen LogP contribution is 2.24. The molecule has 0 heterocycles. The summed E-state index contributed by atoms with van der Waals surface area (Å²) in [5.41, 5.74) is 4.51. The minimum atomic E-state index is 1.11. The van der Waals surface area contributed by atoms with E-state index >= 15 is 0 Å². The number of hydrogen-bond acceptors (Lipinski definition) is 0. The summed E-state index contributed by atoms with van der Waals surface area (Å²) in [6, 6.07) is 8.71. The molecule has 1 aliphatic rings. The maximum absolute atomic E-state index is 3.73.